The maximum Gasteiger partial charge on any atom is 0.573 e. The number of hydrogen-bond donors (Lipinski definition) is 2. The summed E-state index contributed by atoms with van der Waals surface area (Å²) in [5.41, 5.74) is 1.32. The molecule has 1 atom stereocenters. The molecule has 0 aliphatic carbocycles. The maximum atomic E-state index is 13.0. The van der Waals surface area contributed by atoms with Crippen molar-refractivity contribution >= 4 is 23.4 Å². The third-order valence-electron chi connectivity index (χ3n) is 4.59. The van der Waals surface area contributed by atoms with Gasteiger partial charge in [-0.25, -0.2) is 9.78 Å². The van der Waals surface area contributed by atoms with Crippen LogP contribution in [0.4, 0.5) is 29.5 Å². The van der Waals surface area contributed by atoms with Gasteiger partial charge in [-0.15, -0.1) is 13.2 Å². The number of methoxy groups -OCH3 is 2. The minimum Gasteiger partial charge on any atom is -0.495 e. The van der Waals surface area contributed by atoms with E-state index in [4.69, 9.17) is 9.47 Å². The summed E-state index contributed by atoms with van der Waals surface area (Å²) >= 11 is 0. The van der Waals surface area contributed by atoms with Crippen molar-refractivity contribution in [3.8, 4) is 11.5 Å². The molecule has 2 heterocycles. The van der Waals surface area contributed by atoms with E-state index in [1.807, 2.05) is 0 Å². The number of pyridine rings is 1. The second-order valence-electron chi connectivity index (χ2n) is 6.86. The molecule has 172 valence electrons. The number of nitrogens with one attached hydrogen (secondary N) is 2. The summed E-state index contributed by atoms with van der Waals surface area (Å²) in [4.78, 5) is 30.7. The van der Waals surface area contributed by atoms with Crippen molar-refractivity contribution in [2.75, 3.05) is 37.6 Å². The molecule has 3 rings (SSSR count). The van der Waals surface area contributed by atoms with Crippen LogP contribution in [-0.4, -0.2) is 50.7 Å². The Morgan fingerprint density at radius 2 is 1.97 bits per heavy atom. The second-order valence-corrected chi connectivity index (χ2v) is 6.86. The molecule has 32 heavy (non-hydrogen) atoms. The van der Waals surface area contributed by atoms with Gasteiger partial charge in [0.05, 0.1) is 31.1 Å². The van der Waals surface area contributed by atoms with Crippen LogP contribution in [0.25, 0.3) is 0 Å². The van der Waals surface area contributed by atoms with E-state index in [1.165, 1.54) is 31.3 Å². The first-order valence-corrected chi connectivity index (χ1v) is 9.39. The van der Waals surface area contributed by atoms with Gasteiger partial charge < -0.3 is 24.8 Å². The minimum atomic E-state index is -4.81. The number of hydrogen-bond acceptors (Lipinski definition) is 6. The highest BCUT2D eigenvalue weighted by Gasteiger charge is 2.32. The number of rotatable bonds is 6. The zero-order chi connectivity index (χ0) is 23.5. The molecule has 0 unspecified atom stereocenters. The Balaban J connectivity index is 1.82. The first-order valence-electron chi connectivity index (χ1n) is 9.39. The van der Waals surface area contributed by atoms with Crippen molar-refractivity contribution in [3.05, 3.63) is 41.6 Å². The van der Waals surface area contributed by atoms with Crippen LogP contribution in [-0.2, 0) is 9.53 Å². The average molecular weight is 454 g/mol. The average Bonchev–Trinajstić information content (AvgIpc) is 2.72. The van der Waals surface area contributed by atoms with E-state index in [1.54, 1.807) is 13.0 Å². The van der Waals surface area contributed by atoms with Gasteiger partial charge in [0.1, 0.15) is 18.0 Å². The molecule has 0 bridgehead atoms. The molecule has 0 saturated carbocycles. The highest BCUT2D eigenvalue weighted by molar-refractivity contribution is 6.08. The van der Waals surface area contributed by atoms with Crippen LogP contribution in [0.1, 0.15) is 17.3 Å². The van der Waals surface area contributed by atoms with Crippen LogP contribution in [0.3, 0.4) is 0 Å². The Hall–Kier alpha value is -3.54. The van der Waals surface area contributed by atoms with E-state index in [-0.39, 0.29) is 24.7 Å². The summed E-state index contributed by atoms with van der Waals surface area (Å²) in [5.74, 6) is -0.119. The number of ether oxygens (including phenoxy) is 3. The number of benzene rings is 1. The van der Waals surface area contributed by atoms with Gasteiger partial charge in [0.15, 0.2) is 5.82 Å². The SMILES string of the molecule is COC[C@@H](NC(=O)N1CC(=O)Nc2cc(OC)c(C)nc21)c1ccc(OC(F)(F)F)cc1. The van der Waals surface area contributed by atoms with Gasteiger partial charge in [-0.3, -0.25) is 9.69 Å². The van der Waals surface area contributed by atoms with Crippen LogP contribution >= 0.6 is 0 Å². The van der Waals surface area contributed by atoms with Gasteiger partial charge in [0, 0.05) is 13.2 Å². The van der Waals surface area contributed by atoms with Crippen molar-refractivity contribution in [1.82, 2.24) is 10.3 Å². The summed E-state index contributed by atoms with van der Waals surface area (Å²) < 4.78 is 51.3. The van der Waals surface area contributed by atoms with Crippen LogP contribution in [0.15, 0.2) is 30.3 Å². The molecule has 0 saturated heterocycles. The molecule has 3 amide bonds. The number of amides is 3. The summed E-state index contributed by atoms with van der Waals surface area (Å²) in [7, 11) is 2.88. The Kier molecular flexibility index (Phi) is 6.72. The zero-order valence-electron chi connectivity index (χ0n) is 17.4. The third-order valence-corrected chi connectivity index (χ3v) is 4.59. The molecule has 1 aromatic heterocycles. The number of alkyl halides is 3. The van der Waals surface area contributed by atoms with Crippen LogP contribution < -0.4 is 25.0 Å². The minimum absolute atomic E-state index is 0.0349. The smallest absolute Gasteiger partial charge is 0.495 e. The lowest BCUT2D eigenvalue weighted by Gasteiger charge is -2.30. The molecule has 1 aromatic carbocycles. The number of aryl methyl sites for hydroxylation is 1. The Bertz CT molecular complexity index is 998. The molecule has 0 fully saturated rings. The molecule has 0 radical (unpaired) electrons. The predicted octanol–water partition coefficient (Wildman–Crippen LogP) is 3.15. The number of carbonyl (C=O) groups excluding carboxylic acids is 2. The fourth-order valence-corrected chi connectivity index (χ4v) is 3.17. The molecule has 1 aliphatic heterocycles. The quantitative estimate of drug-likeness (QED) is 0.696. The largest absolute Gasteiger partial charge is 0.573 e. The summed E-state index contributed by atoms with van der Waals surface area (Å²) in [6, 6.07) is 5.28. The van der Waals surface area contributed by atoms with Gasteiger partial charge in [-0.1, -0.05) is 12.1 Å². The number of nitrogens with zero attached hydrogens (tertiary/aromatic N) is 2. The van der Waals surface area contributed by atoms with Crippen LogP contribution in [0.5, 0.6) is 11.5 Å². The van der Waals surface area contributed by atoms with Crippen molar-refractivity contribution < 1.29 is 37.0 Å². The molecule has 2 N–H and O–H groups in total. The van der Waals surface area contributed by atoms with Gasteiger partial charge in [-0.05, 0) is 24.6 Å². The Labute approximate surface area is 181 Å². The molecule has 0 spiro atoms. The monoisotopic (exact) mass is 454 g/mol. The lowest BCUT2D eigenvalue weighted by atomic mass is 10.1. The van der Waals surface area contributed by atoms with Crippen molar-refractivity contribution in [3.63, 3.8) is 0 Å². The summed E-state index contributed by atoms with van der Waals surface area (Å²) in [6.45, 7) is 1.47. The van der Waals surface area contributed by atoms with E-state index in [2.05, 4.69) is 20.4 Å². The van der Waals surface area contributed by atoms with Gasteiger partial charge >= 0.3 is 12.4 Å². The number of anilines is 2. The topological polar surface area (TPSA) is 102 Å². The fraction of sp³-hybridized carbons (Fsp3) is 0.350. The zero-order valence-corrected chi connectivity index (χ0v) is 17.4. The number of urea groups is 1. The van der Waals surface area contributed by atoms with Crippen molar-refractivity contribution in [2.45, 2.75) is 19.3 Å². The first kappa shape index (κ1) is 23.1. The lowest BCUT2D eigenvalue weighted by Crippen LogP contribution is -2.49. The van der Waals surface area contributed by atoms with Gasteiger partial charge in [0.2, 0.25) is 5.91 Å². The van der Waals surface area contributed by atoms with Crippen LogP contribution in [0.2, 0.25) is 0 Å². The molecule has 2 aromatic rings. The number of carbonyl (C=O) groups is 2. The Morgan fingerprint density at radius 3 is 2.56 bits per heavy atom. The van der Waals surface area contributed by atoms with E-state index in [0.717, 1.165) is 12.1 Å². The highest BCUT2D eigenvalue weighted by Crippen LogP contribution is 2.33. The molecular weight excluding hydrogens is 433 g/mol. The summed E-state index contributed by atoms with van der Waals surface area (Å²) in [6.07, 6.45) is -4.81. The van der Waals surface area contributed by atoms with Gasteiger partial charge in [0.25, 0.3) is 0 Å². The van der Waals surface area contributed by atoms with Crippen molar-refractivity contribution in [1.29, 1.82) is 0 Å². The van der Waals surface area contributed by atoms with E-state index in [0.29, 0.717) is 22.7 Å². The second kappa shape index (κ2) is 9.30. The molecule has 9 nitrogen and oxygen atoms in total. The normalized spacial score (nSPS) is 14.3. The third kappa shape index (κ3) is 5.38. The predicted molar refractivity (Wildman–Crippen MR) is 108 cm³/mol. The lowest BCUT2D eigenvalue weighted by molar-refractivity contribution is -0.274. The van der Waals surface area contributed by atoms with Crippen molar-refractivity contribution in [2.24, 2.45) is 0 Å². The van der Waals surface area contributed by atoms with E-state index in [9.17, 15) is 22.8 Å². The van der Waals surface area contributed by atoms with Gasteiger partial charge in [-0.2, -0.15) is 0 Å². The standard InChI is InChI=1S/C20H21F3N4O5/c1-11-16(31-3)8-14-18(24-11)27(9-17(28)25-14)19(29)26-15(10-30-2)12-4-6-13(7-5-12)32-20(21,22)23/h4-8,15H,9-10H2,1-3H3,(H,25,28)(H,26,29)/t15-/m1/s1. The highest BCUT2D eigenvalue weighted by atomic mass is 19.4. The number of aromatic nitrogens is 1. The molecule has 12 heteroatoms. The Morgan fingerprint density at radius 1 is 1.28 bits per heavy atom. The first-order chi connectivity index (χ1) is 15.1. The molecule has 1 aliphatic rings. The van der Waals surface area contributed by atoms with E-state index < -0.39 is 24.3 Å². The maximum absolute atomic E-state index is 13.0. The molecular formula is C20H21F3N4O5. The van der Waals surface area contributed by atoms with E-state index >= 15 is 0 Å². The summed E-state index contributed by atoms with van der Waals surface area (Å²) in [5, 5.41) is 5.38. The number of fused-ring (bicyclic) bond motifs is 1. The fourth-order valence-electron chi connectivity index (χ4n) is 3.17. The number of halogens is 3. The van der Waals surface area contributed by atoms with Crippen LogP contribution in [0, 0.1) is 6.92 Å².